The number of carbonyl (C=O) groups excluding carboxylic acids is 1. The molecule has 1 amide bonds. The Labute approximate surface area is 163 Å². The van der Waals surface area contributed by atoms with E-state index in [-0.39, 0.29) is 17.5 Å². The smallest absolute Gasteiger partial charge is 0.332 e. The van der Waals surface area contributed by atoms with Crippen LogP contribution in [0.2, 0.25) is 0 Å². The molecule has 0 spiro atoms. The molecular formula is C22H25N3O3. The summed E-state index contributed by atoms with van der Waals surface area (Å²) in [5.74, 6) is -0.273. The molecule has 1 aromatic heterocycles. The normalized spacial score (nSPS) is 13.2. The number of nitrogens with one attached hydrogen (secondary N) is 1. The minimum absolute atomic E-state index is 0.195. The van der Waals surface area contributed by atoms with Gasteiger partial charge in [0.25, 0.3) is 5.56 Å². The van der Waals surface area contributed by atoms with Gasteiger partial charge in [-0.1, -0.05) is 49.4 Å². The zero-order valence-corrected chi connectivity index (χ0v) is 16.4. The second kappa shape index (κ2) is 8.25. The molecule has 2 atom stereocenters. The molecule has 3 rings (SSSR count). The van der Waals surface area contributed by atoms with E-state index in [0.717, 1.165) is 5.56 Å². The highest BCUT2D eigenvalue weighted by molar-refractivity contribution is 5.84. The molecule has 0 aliphatic carbocycles. The van der Waals surface area contributed by atoms with Gasteiger partial charge in [0.1, 0.15) is 6.04 Å². The second-order valence-electron chi connectivity index (χ2n) is 6.94. The number of para-hydroxylation sites is 1. The zero-order chi connectivity index (χ0) is 20.3. The third-order valence-corrected chi connectivity index (χ3v) is 4.95. The van der Waals surface area contributed by atoms with E-state index in [0.29, 0.717) is 23.9 Å². The molecule has 0 saturated carbocycles. The Morgan fingerprint density at radius 2 is 1.64 bits per heavy atom. The summed E-state index contributed by atoms with van der Waals surface area (Å²) < 4.78 is 2.63. The number of benzene rings is 2. The van der Waals surface area contributed by atoms with Crippen molar-refractivity contribution in [3.05, 3.63) is 81.0 Å². The van der Waals surface area contributed by atoms with E-state index in [4.69, 9.17) is 0 Å². The van der Waals surface area contributed by atoms with Crippen molar-refractivity contribution in [1.29, 1.82) is 0 Å². The fourth-order valence-corrected chi connectivity index (χ4v) is 3.40. The zero-order valence-electron chi connectivity index (χ0n) is 16.4. The Kier molecular flexibility index (Phi) is 5.78. The van der Waals surface area contributed by atoms with Gasteiger partial charge in [0, 0.05) is 6.54 Å². The molecule has 0 fully saturated rings. The van der Waals surface area contributed by atoms with Crippen LogP contribution in [0.25, 0.3) is 10.9 Å². The average molecular weight is 379 g/mol. The first kappa shape index (κ1) is 19.6. The molecule has 6 nitrogen and oxygen atoms in total. The minimum Gasteiger partial charge on any atom is -0.348 e. The Bertz CT molecular complexity index is 1100. The van der Waals surface area contributed by atoms with Crippen LogP contribution >= 0.6 is 0 Å². The van der Waals surface area contributed by atoms with Crippen LogP contribution in [0.1, 0.15) is 44.8 Å². The number of amides is 1. The first-order valence-electron chi connectivity index (χ1n) is 9.55. The number of carbonyl (C=O) groups is 1. The first-order chi connectivity index (χ1) is 13.5. The molecule has 0 bridgehead atoms. The monoisotopic (exact) mass is 379 g/mol. The van der Waals surface area contributed by atoms with Crippen LogP contribution < -0.4 is 16.6 Å². The van der Waals surface area contributed by atoms with Crippen LogP contribution in [0, 0.1) is 0 Å². The summed E-state index contributed by atoms with van der Waals surface area (Å²) in [6.07, 6.45) is 0.652. The molecular weight excluding hydrogens is 354 g/mol. The van der Waals surface area contributed by atoms with Gasteiger partial charge in [-0.2, -0.15) is 0 Å². The van der Waals surface area contributed by atoms with Crippen LogP contribution in [0.5, 0.6) is 0 Å². The van der Waals surface area contributed by atoms with Crippen LogP contribution in [0.4, 0.5) is 0 Å². The van der Waals surface area contributed by atoms with E-state index in [2.05, 4.69) is 5.32 Å². The average Bonchev–Trinajstić information content (AvgIpc) is 2.71. The lowest BCUT2D eigenvalue weighted by Crippen LogP contribution is -2.44. The number of fused-ring (bicyclic) bond motifs is 1. The van der Waals surface area contributed by atoms with Crippen LogP contribution in [0.3, 0.4) is 0 Å². The van der Waals surface area contributed by atoms with Gasteiger partial charge in [0.05, 0.1) is 16.9 Å². The summed E-state index contributed by atoms with van der Waals surface area (Å²) in [6, 6.07) is 15.6. The number of hydrogen-bond acceptors (Lipinski definition) is 3. The molecule has 0 aliphatic heterocycles. The van der Waals surface area contributed by atoms with Gasteiger partial charge < -0.3 is 5.32 Å². The van der Waals surface area contributed by atoms with E-state index >= 15 is 0 Å². The molecule has 0 aliphatic rings. The van der Waals surface area contributed by atoms with Gasteiger partial charge in [-0.3, -0.25) is 18.7 Å². The Morgan fingerprint density at radius 1 is 1.00 bits per heavy atom. The maximum Gasteiger partial charge on any atom is 0.332 e. The molecule has 1 heterocycles. The third kappa shape index (κ3) is 3.63. The lowest BCUT2D eigenvalue weighted by molar-refractivity contribution is -0.124. The van der Waals surface area contributed by atoms with Crippen molar-refractivity contribution >= 4 is 16.8 Å². The van der Waals surface area contributed by atoms with Crippen molar-refractivity contribution in [3.63, 3.8) is 0 Å². The molecule has 2 unspecified atom stereocenters. The summed E-state index contributed by atoms with van der Waals surface area (Å²) in [7, 11) is 0. The Morgan fingerprint density at radius 3 is 2.32 bits per heavy atom. The predicted molar refractivity (Wildman–Crippen MR) is 110 cm³/mol. The second-order valence-corrected chi connectivity index (χ2v) is 6.94. The number of hydrogen-bond donors (Lipinski definition) is 1. The lowest BCUT2D eigenvalue weighted by Gasteiger charge is -2.22. The maximum atomic E-state index is 13.0. The topological polar surface area (TPSA) is 73.1 Å². The van der Waals surface area contributed by atoms with Crippen molar-refractivity contribution in [2.24, 2.45) is 0 Å². The Balaban J connectivity index is 2.03. The highest BCUT2D eigenvalue weighted by Crippen LogP contribution is 2.16. The third-order valence-electron chi connectivity index (χ3n) is 4.95. The summed E-state index contributed by atoms with van der Waals surface area (Å²) in [5, 5.41) is 3.40. The summed E-state index contributed by atoms with van der Waals surface area (Å²) in [4.78, 5) is 38.7. The number of nitrogens with zero attached hydrogens (tertiary/aromatic N) is 2. The molecule has 0 saturated heterocycles. The van der Waals surface area contributed by atoms with Crippen molar-refractivity contribution in [3.8, 4) is 0 Å². The quantitative estimate of drug-likeness (QED) is 0.715. The SMILES string of the molecule is CCCn1c(=O)c2ccccc2n(C(C)C(=O)NC(C)c2ccccc2)c1=O. The molecule has 6 heteroatoms. The summed E-state index contributed by atoms with van der Waals surface area (Å²) in [5.41, 5.74) is 0.681. The number of rotatable bonds is 6. The standard InChI is InChI=1S/C22H25N3O3/c1-4-14-24-21(27)18-12-8-9-13-19(18)25(22(24)28)16(3)20(26)23-15(2)17-10-6-5-7-11-17/h5-13,15-16H,4,14H2,1-3H3,(H,23,26). The van der Waals surface area contributed by atoms with Gasteiger partial charge in [-0.05, 0) is 38.0 Å². The molecule has 28 heavy (non-hydrogen) atoms. The van der Waals surface area contributed by atoms with Gasteiger partial charge >= 0.3 is 5.69 Å². The van der Waals surface area contributed by atoms with E-state index in [1.54, 1.807) is 31.2 Å². The van der Waals surface area contributed by atoms with Crippen LogP contribution in [-0.2, 0) is 11.3 Å². The van der Waals surface area contributed by atoms with E-state index < -0.39 is 11.7 Å². The fourth-order valence-electron chi connectivity index (χ4n) is 3.40. The summed E-state index contributed by atoms with van der Waals surface area (Å²) in [6.45, 7) is 5.81. The van der Waals surface area contributed by atoms with Crippen LogP contribution in [-0.4, -0.2) is 15.0 Å². The maximum absolute atomic E-state index is 13.0. The Hall–Kier alpha value is -3.15. The molecule has 146 valence electrons. The van der Waals surface area contributed by atoms with E-state index in [1.807, 2.05) is 44.2 Å². The first-order valence-corrected chi connectivity index (χ1v) is 9.55. The van der Waals surface area contributed by atoms with Crippen molar-refractivity contribution < 1.29 is 4.79 Å². The van der Waals surface area contributed by atoms with Gasteiger partial charge in [0.2, 0.25) is 5.91 Å². The lowest BCUT2D eigenvalue weighted by atomic mass is 10.1. The minimum atomic E-state index is -0.757. The fraction of sp³-hybridized carbons (Fsp3) is 0.318. The molecule has 0 radical (unpaired) electrons. The highest BCUT2D eigenvalue weighted by atomic mass is 16.2. The summed E-state index contributed by atoms with van der Waals surface area (Å²) >= 11 is 0. The van der Waals surface area contributed by atoms with E-state index in [9.17, 15) is 14.4 Å². The number of aromatic nitrogens is 2. The van der Waals surface area contributed by atoms with E-state index in [1.165, 1.54) is 9.13 Å². The highest BCUT2D eigenvalue weighted by Gasteiger charge is 2.23. The van der Waals surface area contributed by atoms with Crippen LogP contribution in [0.15, 0.2) is 64.2 Å². The van der Waals surface area contributed by atoms with Crippen molar-refractivity contribution in [2.45, 2.75) is 45.8 Å². The molecule has 3 aromatic rings. The predicted octanol–water partition coefficient (Wildman–Crippen LogP) is 3.01. The van der Waals surface area contributed by atoms with Gasteiger partial charge in [-0.25, -0.2) is 4.79 Å². The van der Waals surface area contributed by atoms with Gasteiger partial charge in [-0.15, -0.1) is 0 Å². The van der Waals surface area contributed by atoms with Crippen molar-refractivity contribution in [1.82, 2.24) is 14.5 Å². The molecule has 2 aromatic carbocycles. The largest absolute Gasteiger partial charge is 0.348 e. The van der Waals surface area contributed by atoms with Gasteiger partial charge in [0.15, 0.2) is 0 Å². The molecule has 1 N–H and O–H groups in total. The van der Waals surface area contributed by atoms with Crippen molar-refractivity contribution in [2.75, 3.05) is 0 Å².